The summed E-state index contributed by atoms with van der Waals surface area (Å²) in [6.07, 6.45) is 3.04. The molecular weight excluding hydrogens is 328 g/mol. The zero-order valence-electron chi connectivity index (χ0n) is 14.2. The number of carbonyl (C=O) groups is 2. The zero-order chi connectivity index (χ0) is 17.8. The highest BCUT2D eigenvalue weighted by Crippen LogP contribution is 2.13. The zero-order valence-corrected chi connectivity index (χ0v) is 15.3. The van der Waals surface area contributed by atoms with Crippen LogP contribution in [0.5, 0.6) is 0 Å². The van der Waals surface area contributed by atoms with Crippen molar-refractivity contribution in [2.45, 2.75) is 18.9 Å². The average Bonchev–Trinajstić information content (AvgIpc) is 2.62. The van der Waals surface area contributed by atoms with Crippen molar-refractivity contribution in [3.8, 4) is 0 Å². The lowest BCUT2D eigenvalue weighted by Gasteiger charge is -2.11. The van der Waals surface area contributed by atoms with Gasteiger partial charge in [0.05, 0.1) is 17.7 Å². The number of esters is 2. The molecule has 0 bridgehead atoms. The predicted octanol–water partition coefficient (Wildman–Crippen LogP) is 2.48. The molecule has 0 atom stereocenters. The van der Waals surface area contributed by atoms with Crippen LogP contribution in [0.4, 0.5) is 0 Å². The third kappa shape index (κ3) is 6.65. The topological polar surface area (TPSA) is 71.1 Å². The van der Waals surface area contributed by atoms with Gasteiger partial charge in [-0.15, -0.1) is 0 Å². The summed E-state index contributed by atoms with van der Waals surface area (Å²) in [6, 6.07) is 7.28. The third-order valence-corrected chi connectivity index (χ3v) is 5.22. The highest BCUT2D eigenvalue weighted by molar-refractivity contribution is 6.44. The Morgan fingerprint density at radius 3 is 2.17 bits per heavy atom. The third-order valence-electron chi connectivity index (χ3n) is 3.29. The molecule has 7 heteroatoms. The van der Waals surface area contributed by atoms with E-state index >= 15 is 0 Å². The van der Waals surface area contributed by atoms with Gasteiger partial charge in [-0.05, 0) is 31.0 Å². The molecule has 6 nitrogen and oxygen atoms in total. The van der Waals surface area contributed by atoms with E-state index in [2.05, 4.69) is 6.58 Å². The van der Waals surface area contributed by atoms with Crippen LogP contribution in [0.1, 0.15) is 33.6 Å². The predicted molar refractivity (Wildman–Crippen MR) is 92.4 cm³/mol. The molecule has 0 radical (unpaired) electrons. The molecule has 0 aliphatic carbocycles. The number of rotatable bonds is 11. The lowest BCUT2D eigenvalue weighted by Crippen LogP contribution is -2.18. The molecule has 0 aromatic heterocycles. The van der Waals surface area contributed by atoms with E-state index in [1.807, 2.05) is 0 Å². The average molecular weight is 352 g/mol. The van der Waals surface area contributed by atoms with Gasteiger partial charge in [-0.3, -0.25) is 0 Å². The number of carbonyl (C=O) groups excluding carboxylic acids is 2. The van der Waals surface area contributed by atoms with Crippen LogP contribution in [0.15, 0.2) is 36.9 Å². The van der Waals surface area contributed by atoms with Crippen LogP contribution in [0, 0.1) is 0 Å². The molecule has 0 saturated heterocycles. The van der Waals surface area contributed by atoms with Crippen molar-refractivity contribution in [2.24, 2.45) is 0 Å². The Morgan fingerprint density at radius 2 is 1.62 bits per heavy atom. The standard InChI is InChI=1S/C17H24O6Si/c1-4-11-22-16(18)14-9-5-6-10-15(14)17(19)23-12-7-8-13-24(20-2)21-3/h4-6,9-10,24H,1,7-8,11-13H2,2-3H3. The molecule has 0 unspecified atom stereocenters. The molecular formula is C17H24O6Si. The molecule has 0 aliphatic heterocycles. The van der Waals surface area contributed by atoms with Gasteiger partial charge in [-0.25, -0.2) is 9.59 Å². The van der Waals surface area contributed by atoms with Gasteiger partial charge in [0.25, 0.3) is 0 Å². The molecule has 0 fully saturated rings. The van der Waals surface area contributed by atoms with Gasteiger partial charge in [0.15, 0.2) is 0 Å². The van der Waals surface area contributed by atoms with E-state index in [1.54, 1.807) is 32.4 Å². The van der Waals surface area contributed by atoms with Crippen molar-refractivity contribution in [1.82, 2.24) is 0 Å². The largest absolute Gasteiger partial charge is 0.462 e. The molecule has 0 N–H and O–H groups in total. The summed E-state index contributed by atoms with van der Waals surface area (Å²) in [7, 11) is 1.72. The number of hydrogen-bond acceptors (Lipinski definition) is 6. The minimum Gasteiger partial charge on any atom is -0.462 e. The molecule has 0 aliphatic rings. The van der Waals surface area contributed by atoms with Crippen LogP contribution in [0.25, 0.3) is 0 Å². The molecule has 1 aromatic rings. The summed E-state index contributed by atoms with van der Waals surface area (Å²) >= 11 is 0. The first-order chi connectivity index (χ1) is 11.6. The SMILES string of the molecule is C=CCOC(=O)c1ccccc1C(=O)OCCCC[SiH](OC)OC. The van der Waals surface area contributed by atoms with E-state index < -0.39 is 21.2 Å². The van der Waals surface area contributed by atoms with E-state index in [1.165, 1.54) is 12.1 Å². The second-order valence-electron chi connectivity index (χ2n) is 4.97. The molecule has 0 saturated carbocycles. The Balaban J connectivity index is 2.50. The fourth-order valence-corrected chi connectivity index (χ4v) is 3.32. The van der Waals surface area contributed by atoms with Crippen LogP contribution in [0.3, 0.4) is 0 Å². The van der Waals surface area contributed by atoms with Crippen LogP contribution < -0.4 is 0 Å². The van der Waals surface area contributed by atoms with Crippen molar-refractivity contribution >= 4 is 21.2 Å². The minimum atomic E-state index is -1.56. The summed E-state index contributed by atoms with van der Waals surface area (Å²) in [5, 5.41) is 0. The molecule has 0 amide bonds. The van der Waals surface area contributed by atoms with Crippen LogP contribution in [-0.4, -0.2) is 48.7 Å². The highest BCUT2D eigenvalue weighted by atomic mass is 28.3. The number of ether oxygens (including phenoxy) is 2. The summed E-state index contributed by atoms with van der Waals surface area (Å²) in [5.74, 6) is -1.11. The number of benzene rings is 1. The number of hydrogen-bond donors (Lipinski definition) is 0. The Labute approximate surface area is 144 Å². The van der Waals surface area contributed by atoms with Crippen molar-refractivity contribution in [3.05, 3.63) is 48.0 Å². The molecule has 1 aromatic carbocycles. The first kappa shape index (κ1) is 20.1. The van der Waals surface area contributed by atoms with Crippen molar-refractivity contribution in [1.29, 1.82) is 0 Å². The second-order valence-corrected chi connectivity index (χ2v) is 7.34. The first-order valence-corrected chi connectivity index (χ1v) is 9.49. The van der Waals surface area contributed by atoms with E-state index in [4.69, 9.17) is 18.3 Å². The molecule has 132 valence electrons. The van der Waals surface area contributed by atoms with E-state index in [-0.39, 0.29) is 24.3 Å². The molecule has 24 heavy (non-hydrogen) atoms. The Bertz CT molecular complexity index is 542. The van der Waals surface area contributed by atoms with E-state index in [0.29, 0.717) is 6.42 Å². The fraction of sp³-hybridized carbons (Fsp3) is 0.412. The second kappa shape index (κ2) is 11.6. The van der Waals surface area contributed by atoms with Gasteiger partial charge in [-0.2, -0.15) is 0 Å². The van der Waals surface area contributed by atoms with Gasteiger partial charge >= 0.3 is 21.2 Å². The summed E-state index contributed by atoms with van der Waals surface area (Å²) in [5.41, 5.74) is 0.392. The first-order valence-electron chi connectivity index (χ1n) is 7.73. The number of unbranched alkanes of at least 4 members (excludes halogenated alkanes) is 1. The molecule has 1 rings (SSSR count). The quantitative estimate of drug-likeness (QED) is 0.264. The maximum absolute atomic E-state index is 12.2. The van der Waals surface area contributed by atoms with Crippen LogP contribution in [0.2, 0.25) is 6.04 Å². The van der Waals surface area contributed by atoms with Gasteiger partial charge in [-0.1, -0.05) is 24.8 Å². The van der Waals surface area contributed by atoms with Gasteiger partial charge in [0, 0.05) is 14.2 Å². The van der Waals surface area contributed by atoms with Crippen LogP contribution in [-0.2, 0) is 18.3 Å². The maximum atomic E-state index is 12.2. The Hall–Kier alpha value is -1.96. The van der Waals surface area contributed by atoms with Crippen molar-refractivity contribution < 1.29 is 27.9 Å². The van der Waals surface area contributed by atoms with Crippen molar-refractivity contribution in [3.63, 3.8) is 0 Å². The Morgan fingerprint density at radius 1 is 1.04 bits per heavy atom. The monoisotopic (exact) mass is 352 g/mol. The molecule has 0 spiro atoms. The lowest BCUT2D eigenvalue weighted by molar-refractivity contribution is 0.0471. The van der Waals surface area contributed by atoms with E-state index in [9.17, 15) is 9.59 Å². The Kier molecular flexibility index (Phi) is 9.67. The molecule has 0 heterocycles. The van der Waals surface area contributed by atoms with Gasteiger partial charge in [0.1, 0.15) is 6.61 Å². The van der Waals surface area contributed by atoms with Gasteiger partial charge < -0.3 is 18.3 Å². The summed E-state index contributed by atoms with van der Waals surface area (Å²) in [4.78, 5) is 24.1. The summed E-state index contributed by atoms with van der Waals surface area (Å²) < 4.78 is 20.7. The maximum Gasteiger partial charge on any atom is 0.339 e. The fourth-order valence-electron chi connectivity index (χ4n) is 2.04. The smallest absolute Gasteiger partial charge is 0.339 e. The normalized spacial score (nSPS) is 10.5. The summed E-state index contributed by atoms with van der Waals surface area (Å²) in [6.45, 7) is 3.85. The van der Waals surface area contributed by atoms with E-state index in [0.717, 1.165) is 12.5 Å². The van der Waals surface area contributed by atoms with Crippen molar-refractivity contribution in [2.75, 3.05) is 27.4 Å². The van der Waals surface area contributed by atoms with Gasteiger partial charge in [0.2, 0.25) is 0 Å². The highest BCUT2D eigenvalue weighted by Gasteiger charge is 2.18. The lowest BCUT2D eigenvalue weighted by atomic mass is 10.1. The van der Waals surface area contributed by atoms with Crippen LogP contribution >= 0.6 is 0 Å². The minimum absolute atomic E-state index is 0.0896.